The van der Waals surface area contributed by atoms with E-state index in [1.165, 1.54) is 0 Å². The summed E-state index contributed by atoms with van der Waals surface area (Å²) in [7, 11) is 0. The summed E-state index contributed by atoms with van der Waals surface area (Å²) in [5.41, 5.74) is 0. The molecule has 0 bridgehead atoms. The van der Waals surface area contributed by atoms with Gasteiger partial charge < -0.3 is 14.6 Å². The quantitative estimate of drug-likeness (QED) is 0.698. The van der Waals surface area contributed by atoms with Crippen LogP contribution in [-0.2, 0) is 14.3 Å². The summed E-state index contributed by atoms with van der Waals surface area (Å²) < 4.78 is 10.9. The third-order valence-electron chi connectivity index (χ3n) is 3.56. The lowest BCUT2D eigenvalue weighted by molar-refractivity contribution is -0.151. The number of rotatable bonds is 7. The fourth-order valence-electron chi connectivity index (χ4n) is 2.45. The zero-order chi connectivity index (χ0) is 12.7. The van der Waals surface area contributed by atoms with Crippen molar-refractivity contribution in [1.82, 2.24) is 0 Å². The van der Waals surface area contributed by atoms with Crippen LogP contribution in [0.5, 0.6) is 0 Å². The molecule has 0 amide bonds. The Balaban J connectivity index is 2.40. The fraction of sp³-hybridized carbons (Fsp3) is 0.923. The van der Waals surface area contributed by atoms with Crippen molar-refractivity contribution < 1.29 is 19.4 Å². The van der Waals surface area contributed by atoms with Gasteiger partial charge in [-0.2, -0.15) is 0 Å². The Bertz CT molecular complexity index is 229. The minimum absolute atomic E-state index is 0.133. The summed E-state index contributed by atoms with van der Waals surface area (Å²) in [6.07, 6.45) is 3.61. The summed E-state index contributed by atoms with van der Waals surface area (Å²) in [5.74, 6) is -0.442. The van der Waals surface area contributed by atoms with Crippen LogP contribution in [-0.4, -0.2) is 37.0 Å². The lowest BCUT2D eigenvalue weighted by atomic mass is 9.78. The summed E-state index contributed by atoms with van der Waals surface area (Å²) >= 11 is 0. The Morgan fingerprint density at radius 2 is 2.06 bits per heavy atom. The van der Waals surface area contributed by atoms with Gasteiger partial charge in [-0.15, -0.1) is 0 Å². The monoisotopic (exact) mass is 244 g/mol. The van der Waals surface area contributed by atoms with E-state index in [9.17, 15) is 4.79 Å². The van der Waals surface area contributed by atoms with Gasteiger partial charge in [0.15, 0.2) is 0 Å². The normalized spacial score (nSPS) is 29.2. The molecule has 0 radical (unpaired) electrons. The minimum atomic E-state index is -0.721. The van der Waals surface area contributed by atoms with E-state index in [-0.39, 0.29) is 12.0 Å². The van der Waals surface area contributed by atoms with Gasteiger partial charge in [0.2, 0.25) is 0 Å². The molecule has 1 rings (SSSR count). The zero-order valence-electron chi connectivity index (χ0n) is 10.9. The van der Waals surface area contributed by atoms with Crippen LogP contribution in [0.15, 0.2) is 0 Å². The third-order valence-corrected chi connectivity index (χ3v) is 3.56. The van der Waals surface area contributed by atoms with Crippen molar-refractivity contribution in [3.63, 3.8) is 0 Å². The molecule has 1 aliphatic carbocycles. The lowest BCUT2D eigenvalue weighted by Crippen LogP contribution is -2.37. The first-order chi connectivity index (χ1) is 8.19. The van der Waals surface area contributed by atoms with Crippen LogP contribution >= 0.6 is 0 Å². The van der Waals surface area contributed by atoms with Crippen molar-refractivity contribution >= 4 is 5.97 Å². The van der Waals surface area contributed by atoms with Gasteiger partial charge in [-0.25, -0.2) is 0 Å². The van der Waals surface area contributed by atoms with E-state index in [1.807, 2.05) is 6.92 Å². The molecule has 17 heavy (non-hydrogen) atoms. The predicted octanol–water partition coefficient (Wildman–Crippen LogP) is 2.32. The minimum Gasteiger partial charge on any atom is -0.481 e. The Kier molecular flexibility index (Phi) is 6.52. The van der Waals surface area contributed by atoms with Crippen molar-refractivity contribution in [2.75, 3.05) is 19.8 Å². The van der Waals surface area contributed by atoms with E-state index in [0.29, 0.717) is 25.7 Å². The predicted molar refractivity (Wildman–Crippen MR) is 65.0 cm³/mol. The van der Waals surface area contributed by atoms with Crippen molar-refractivity contribution in [3.05, 3.63) is 0 Å². The van der Waals surface area contributed by atoms with Gasteiger partial charge in [-0.3, -0.25) is 4.79 Å². The van der Waals surface area contributed by atoms with Crippen LogP contribution in [0.2, 0.25) is 0 Å². The molecule has 0 aromatic heterocycles. The molecular weight excluding hydrogens is 220 g/mol. The second kappa shape index (κ2) is 7.67. The third kappa shape index (κ3) is 4.64. The Morgan fingerprint density at radius 3 is 2.65 bits per heavy atom. The summed E-state index contributed by atoms with van der Waals surface area (Å²) in [5, 5.41) is 9.16. The first-order valence-electron chi connectivity index (χ1n) is 6.61. The number of carbonyl (C=O) groups is 1. The number of ether oxygens (including phenoxy) is 2. The second-order valence-electron chi connectivity index (χ2n) is 4.64. The lowest BCUT2D eigenvalue weighted by Gasteiger charge is -2.33. The highest BCUT2D eigenvalue weighted by Gasteiger charge is 2.34. The van der Waals surface area contributed by atoms with Crippen molar-refractivity contribution in [2.45, 2.75) is 45.6 Å². The molecular formula is C13H24O4. The molecule has 0 aromatic rings. The van der Waals surface area contributed by atoms with Crippen LogP contribution in [0.25, 0.3) is 0 Å². The van der Waals surface area contributed by atoms with Crippen molar-refractivity contribution in [2.24, 2.45) is 11.8 Å². The summed E-state index contributed by atoms with van der Waals surface area (Å²) in [6, 6.07) is 0. The average molecular weight is 244 g/mol. The van der Waals surface area contributed by atoms with E-state index in [4.69, 9.17) is 14.6 Å². The van der Waals surface area contributed by atoms with Gasteiger partial charge in [0.05, 0.1) is 25.2 Å². The van der Waals surface area contributed by atoms with Crippen LogP contribution in [0.4, 0.5) is 0 Å². The number of aliphatic carboxylic acids is 1. The molecule has 0 heterocycles. The van der Waals surface area contributed by atoms with Crippen LogP contribution in [0, 0.1) is 11.8 Å². The van der Waals surface area contributed by atoms with Gasteiger partial charge >= 0.3 is 5.97 Å². The van der Waals surface area contributed by atoms with Gasteiger partial charge in [0.1, 0.15) is 0 Å². The molecule has 1 saturated carbocycles. The topological polar surface area (TPSA) is 55.8 Å². The first kappa shape index (κ1) is 14.5. The molecule has 3 atom stereocenters. The largest absolute Gasteiger partial charge is 0.481 e. The average Bonchev–Trinajstić information content (AvgIpc) is 2.34. The van der Waals surface area contributed by atoms with Crippen LogP contribution in [0.1, 0.15) is 39.5 Å². The molecule has 4 heteroatoms. The molecule has 4 nitrogen and oxygen atoms in total. The molecule has 1 N–H and O–H groups in total. The van der Waals surface area contributed by atoms with Gasteiger partial charge in [-0.05, 0) is 32.1 Å². The highest BCUT2D eigenvalue weighted by Crippen LogP contribution is 2.33. The maximum atomic E-state index is 11.1. The molecule has 1 fully saturated rings. The van der Waals surface area contributed by atoms with E-state index < -0.39 is 5.97 Å². The highest BCUT2D eigenvalue weighted by molar-refractivity contribution is 5.70. The Morgan fingerprint density at radius 1 is 1.29 bits per heavy atom. The summed E-state index contributed by atoms with van der Waals surface area (Å²) in [4.78, 5) is 11.1. The van der Waals surface area contributed by atoms with Crippen LogP contribution in [0.3, 0.4) is 0 Å². The number of carboxylic acid groups (broad SMARTS) is 1. The maximum Gasteiger partial charge on any atom is 0.309 e. The second-order valence-corrected chi connectivity index (χ2v) is 4.64. The molecule has 0 aromatic carbocycles. The number of carboxylic acids is 1. The SMILES string of the molecule is CCOCCOC1CC(CC)CCC1C(=O)O. The van der Waals surface area contributed by atoms with E-state index in [1.54, 1.807) is 0 Å². The standard InChI is InChI=1S/C13H24O4/c1-3-10-5-6-11(13(14)15)12(9-10)17-8-7-16-4-2/h10-12H,3-9H2,1-2H3,(H,14,15). The Hall–Kier alpha value is -0.610. The van der Waals surface area contributed by atoms with Crippen molar-refractivity contribution in [3.8, 4) is 0 Å². The molecule has 0 spiro atoms. The smallest absolute Gasteiger partial charge is 0.309 e. The highest BCUT2D eigenvalue weighted by atomic mass is 16.5. The maximum absolute atomic E-state index is 11.1. The number of hydrogen-bond acceptors (Lipinski definition) is 3. The number of hydrogen-bond donors (Lipinski definition) is 1. The van der Waals surface area contributed by atoms with E-state index in [0.717, 1.165) is 25.7 Å². The molecule has 0 aliphatic heterocycles. The fourth-order valence-corrected chi connectivity index (χ4v) is 2.45. The van der Waals surface area contributed by atoms with Gasteiger partial charge in [-0.1, -0.05) is 13.3 Å². The van der Waals surface area contributed by atoms with E-state index >= 15 is 0 Å². The van der Waals surface area contributed by atoms with Crippen LogP contribution < -0.4 is 0 Å². The molecule has 1 aliphatic rings. The van der Waals surface area contributed by atoms with E-state index in [2.05, 4.69) is 6.92 Å². The molecule has 3 unspecified atom stereocenters. The van der Waals surface area contributed by atoms with Crippen molar-refractivity contribution in [1.29, 1.82) is 0 Å². The summed E-state index contributed by atoms with van der Waals surface area (Å²) in [6.45, 7) is 5.82. The molecule has 100 valence electrons. The van der Waals surface area contributed by atoms with Gasteiger partial charge in [0, 0.05) is 6.61 Å². The zero-order valence-corrected chi connectivity index (χ0v) is 10.9. The first-order valence-corrected chi connectivity index (χ1v) is 6.61. The Labute approximate surface area is 103 Å². The van der Waals surface area contributed by atoms with Gasteiger partial charge in [0.25, 0.3) is 0 Å². The molecule has 0 saturated heterocycles.